The number of nitrogens with zero attached hydrogens (tertiary/aromatic N) is 6. The molecule has 2 bridgehead atoms. The molecule has 2 aromatic heterocycles. The standard InChI is InChI=1S/C24H30N6O5/c1-28(24(31)32)16-6-4-15(5-7-16)21-26-22(29-11-18-8-9-19(12-29)35-18)20-10-25-30(23(20)27-21)17(13-33-2)14-34-3/h4-7,10,17-19H,8-9,11-14H2,1-3H3,(H,31,32). The quantitative estimate of drug-likeness (QED) is 0.517. The molecule has 0 saturated carbocycles. The van der Waals surface area contributed by atoms with Crippen molar-refractivity contribution < 1.29 is 24.1 Å². The first kappa shape index (κ1) is 23.5. The van der Waals surface area contributed by atoms with Gasteiger partial charge in [0.15, 0.2) is 11.5 Å². The SMILES string of the molecule is COCC(COC)n1ncc2c(N3CC4CCC(C3)O4)nc(-c3ccc(N(C)C(=O)O)cc3)nc21. The zero-order valence-electron chi connectivity index (χ0n) is 20.1. The van der Waals surface area contributed by atoms with E-state index >= 15 is 0 Å². The van der Waals surface area contributed by atoms with E-state index in [1.54, 1.807) is 26.4 Å². The molecule has 2 fully saturated rings. The molecule has 1 N–H and O–H groups in total. The van der Waals surface area contributed by atoms with Crippen LogP contribution in [0.5, 0.6) is 0 Å². The van der Waals surface area contributed by atoms with Gasteiger partial charge in [0.05, 0.1) is 37.0 Å². The Bertz CT molecular complexity index is 1180. The number of benzene rings is 1. The van der Waals surface area contributed by atoms with Crippen LogP contribution in [0.2, 0.25) is 0 Å². The van der Waals surface area contributed by atoms with Gasteiger partial charge in [0.2, 0.25) is 0 Å². The largest absolute Gasteiger partial charge is 0.465 e. The maximum absolute atomic E-state index is 11.3. The molecule has 0 spiro atoms. The molecule has 3 aromatic rings. The van der Waals surface area contributed by atoms with Crippen molar-refractivity contribution in [2.75, 3.05) is 57.4 Å². The zero-order valence-corrected chi connectivity index (χ0v) is 20.1. The molecular formula is C24H30N6O5. The van der Waals surface area contributed by atoms with Crippen molar-refractivity contribution in [1.29, 1.82) is 0 Å². The van der Waals surface area contributed by atoms with Gasteiger partial charge >= 0.3 is 6.09 Å². The lowest BCUT2D eigenvalue weighted by molar-refractivity contribution is 0.0303. The fourth-order valence-corrected chi connectivity index (χ4v) is 4.85. The van der Waals surface area contributed by atoms with Crippen molar-refractivity contribution in [3.05, 3.63) is 30.5 Å². The summed E-state index contributed by atoms with van der Waals surface area (Å²) in [6, 6.07) is 7.03. The lowest BCUT2D eigenvalue weighted by atomic mass is 10.1. The second-order valence-corrected chi connectivity index (χ2v) is 9.01. The number of hydrogen-bond acceptors (Lipinski definition) is 8. The number of ether oxygens (including phenoxy) is 3. The number of fused-ring (bicyclic) bond motifs is 3. The molecule has 2 aliphatic rings. The van der Waals surface area contributed by atoms with Gasteiger partial charge in [0, 0.05) is 45.6 Å². The summed E-state index contributed by atoms with van der Waals surface area (Å²) in [7, 11) is 4.81. The fourth-order valence-electron chi connectivity index (χ4n) is 4.85. The Morgan fingerprint density at radius 1 is 1.14 bits per heavy atom. The fraction of sp³-hybridized carbons (Fsp3) is 0.500. The maximum Gasteiger partial charge on any atom is 0.411 e. The molecule has 2 unspecified atom stereocenters. The third-order valence-corrected chi connectivity index (χ3v) is 6.64. The molecule has 1 aromatic carbocycles. The first-order valence-corrected chi connectivity index (χ1v) is 11.7. The van der Waals surface area contributed by atoms with Gasteiger partial charge in [0.25, 0.3) is 0 Å². The van der Waals surface area contributed by atoms with Gasteiger partial charge in [-0.3, -0.25) is 4.90 Å². The molecule has 5 rings (SSSR count). The van der Waals surface area contributed by atoms with E-state index in [-0.39, 0.29) is 18.2 Å². The van der Waals surface area contributed by atoms with E-state index in [0.717, 1.165) is 47.6 Å². The minimum absolute atomic E-state index is 0.148. The van der Waals surface area contributed by atoms with Crippen LogP contribution >= 0.6 is 0 Å². The lowest BCUT2D eigenvalue weighted by Gasteiger charge is -2.33. The van der Waals surface area contributed by atoms with Crippen LogP contribution in [0.15, 0.2) is 30.5 Å². The van der Waals surface area contributed by atoms with Crippen LogP contribution in [0.25, 0.3) is 22.4 Å². The van der Waals surface area contributed by atoms with Crippen molar-refractivity contribution in [1.82, 2.24) is 19.7 Å². The smallest absolute Gasteiger partial charge is 0.411 e. The number of anilines is 2. The van der Waals surface area contributed by atoms with Crippen LogP contribution in [0, 0.1) is 0 Å². The molecular weight excluding hydrogens is 452 g/mol. The Labute approximate surface area is 203 Å². The molecule has 35 heavy (non-hydrogen) atoms. The predicted molar refractivity (Wildman–Crippen MR) is 130 cm³/mol. The van der Waals surface area contributed by atoms with Gasteiger partial charge < -0.3 is 24.2 Å². The van der Waals surface area contributed by atoms with Crippen molar-refractivity contribution in [2.45, 2.75) is 31.1 Å². The Morgan fingerprint density at radius 3 is 2.40 bits per heavy atom. The van der Waals surface area contributed by atoms with E-state index in [4.69, 9.17) is 24.2 Å². The summed E-state index contributed by atoms with van der Waals surface area (Å²) in [5.74, 6) is 1.38. The summed E-state index contributed by atoms with van der Waals surface area (Å²) in [6.07, 6.45) is 3.32. The van der Waals surface area contributed by atoms with Crippen molar-refractivity contribution >= 4 is 28.6 Å². The van der Waals surface area contributed by atoms with Gasteiger partial charge in [0.1, 0.15) is 11.9 Å². The molecule has 186 valence electrons. The highest BCUT2D eigenvalue weighted by Gasteiger charge is 2.35. The lowest BCUT2D eigenvalue weighted by Crippen LogP contribution is -2.43. The number of hydrogen-bond donors (Lipinski definition) is 1. The molecule has 11 nitrogen and oxygen atoms in total. The molecule has 2 saturated heterocycles. The molecule has 1 amide bonds. The molecule has 0 radical (unpaired) electrons. The van der Waals surface area contributed by atoms with Gasteiger partial charge in [-0.1, -0.05) is 0 Å². The van der Waals surface area contributed by atoms with Crippen LogP contribution in [0.4, 0.5) is 16.3 Å². The second kappa shape index (κ2) is 9.76. The minimum atomic E-state index is -1.02. The van der Waals surface area contributed by atoms with Crippen LogP contribution in [-0.2, 0) is 14.2 Å². The maximum atomic E-state index is 11.3. The van der Waals surface area contributed by atoms with E-state index in [9.17, 15) is 9.90 Å². The normalized spacial score (nSPS) is 19.6. The van der Waals surface area contributed by atoms with Crippen LogP contribution in [-0.4, -0.2) is 90.7 Å². The Balaban J connectivity index is 1.60. The average Bonchev–Trinajstić information content (AvgIpc) is 3.45. The summed E-state index contributed by atoms with van der Waals surface area (Å²) in [6.45, 7) is 2.40. The van der Waals surface area contributed by atoms with E-state index in [1.807, 2.05) is 23.0 Å². The molecule has 2 atom stereocenters. The van der Waals surface area contributed by atoms with Gasteiger partial charge in [-0.05, 0) is 37.1 Å². The molecule has 11 heteroatoms. The Hall–Kier alpha value is -3.28. The number of rotatable bonds is 8. The van der Waals surface area contributed by atoms with E-state index in [2.05, 4.69) is 10.00 Å². The van der Waals surface area contributed by atoms with Gasteiger partial charge in [-0.2, -0.15) is 5.10 Å². The summed E-state index contributed by atoms with van der Waals surface area (Å²) in [5.41, 5.74) is 2.06. The average molecular weight is 483 g/mol. The van der Waals surface area contributed by atoms with E-state index < -0.39 is 6.09 Å². The third-order valence-electron chi connectivity index (χ3n) is 6.64. The minimum Gasteiger partial charge on any atom is -0.465 e. The monoisotopic (exact) mass is 482 g/mol. The summed E-state index contributed by atoms with van der Waals surface area (Å²) in [4.78, 5) is 24.6. The van der Waals surface area contributed by atoms with Gasteiger partial charge in [-0.25, -0.2) is 19.4 Å². The Kier molecular flexibility index (Phi) is 6.54. The first-order valence-electron chi connectivity index (χ1n) is 11.7. The van der Waals surface area contributed by atoms with Crippen molar-refractivity contribution in [3.63, 3.8) is 0 Å². The number of methoxy groups -OCH3 is 2. The number of morpholine rings is 1. The number of carbonyl (C=O) groups is 1. The zero-order chi connectivity index (χ0) is 24.5. The van der Waals surface area contributed by atoms with Crippen LogP contribution in [0.1, 0.15) is 18.9 Å². The molecule has 4 heterocycles. The first-order chi connectivity index (χ1) is 17.0. The van der Waals surface area contributed by atoms with E-state index in [1.165, 1.54) is 7.05 Å². The summed E-state index contributed by atoms with van der Waals surface area (Å²) < 4.78 is 18.7. The highest BCUT2D eigenvalue weighted by Crippen LogP contribution is 2.34. The predicted octanol–water partition coefficient (Wildman–Crippen LogP) is 2.81. The number of amides is 1. The second-order valence-electron chi connectivity index (χ2n) is 9.01. The van der Waals surface area contributed by atoms with Crippen molar-refractivity contribution in [3.8, 4) is 11.4 Å². The highest BCUT2D eigenvalue weighted by atomic mass is 16.5. The summed E-state index contributed by atoms with van der Waals surface area (Å²) >= 11 is 0. The van der Waals surface area contributed by atoms with Crippen LogP contribution in [0.3, 0.4) is 0 Å². The third kappa shape index (κ3) is 4.54. The highest BCUT2D eigenvalue weighted by molar-refractivity contribution is 5.89. The van der Waals surface area contributed by atoms with E-state index in [0.29, 0.717) is 30.4 Å². The number of aromatic nitrogens is 4. The van der Waals surface area contributed by atoms with Gasteiger partial charge in [-0.15, -0.1) is 0 Å². The molecule has 2 aliphatic heterocycles. The van der Waals surface area contributed by atoms with Crippen molar-refractivity contribution in [2.24, 2.45) is 0 Å². The number of carboxylic acid groups (broad SMARTS) is 1. The summed E-state index contributed by atoms with van der Waals surface area (Å²) in [5, 5.41) is 14.8. The van der Waals surface area contributed by atoms with Crippen LogP contribution < -0.4 is 9.80 Å². The topological polar surface area (TPSA) is 115 Å². The molecule has 0 aliphatic carbocycles. The Morgan fingerprint density at radius 2 is 1.80 bits per heavy atom.